The Bertz CT molecular complexity index is 907. The molecule has 0 aliphatic rings. The van der Waals surface area contributed by atoms with Crippen molar-refractivity contribution in [2.75, 3.05) is 10.6 Å². The molecule has 0 aliphatic heterocycles. The van der Waals surface area contributed by atoms with Gasteiger partial charge < -0.3 is 15.7 Å². The number of carboxylic acid groups (broad SMARTS) is 1. The number of carboxylic acids is 1. The lowest BCUT2D eigenvalue weighted by molar-refractivity contribution is -0.131. The van der Waals surface area contributed by atoms with Gasteiger partial charge >= 0.3 is 5.97 Å². The van der Waals surface area contributed by atoms with Crippen LogP contribution in [0.15, 0.2) is 59.5 Å². The van der Waals surface area contributed by atoms with Crippen molar-refractivity contribution in [3.05, 3.63) is 65.7 Å². The van der Waals surface area contributed by atoms with Gasteiger partial charge in [0.05, 0.1) is 5.25 Å². The minimum Gasteiger partial charge on any atom is -0.478 e. The fourth-order valence-electron chi connectivity index (χ4n) is 2.31. The van der Waals surface area contributed by atoms with Gasteiger partial charge in [-0.15, -0.1) is 11.8 Å². The predicted molar refractivity (Wildman–Crippen MR) is 112 cm³/mol. The Kier molecular flexibility index (Phi) is 7.40. The summed E-state index contributed by atoms with van der Waals surface area (Å²) in [7, 11) is 0. The smallest absolute Gasteiger partial charge is 0.328 e. The highest BCUT2D eigenvalue weighted by atomic mass is 32.2. The van der Waals surface area contributed by atoms with E-state index in [1.807, 2.05) is 39.0 Å². The van der Waals surface area contributed by atoms with Crippen molar-refractivity contribution in [1.29, 1.82) is 0 Å². The zero-order valence-electron chi connectivity index (χ0n) is 15.9. The summed E-state index contributed by atoms with van der Waals surface area (Å²) in [6.07, 6.45) is 1.72. The van der Waals surface area contributed by atoms with Crippen molar-refractivity contribution in [3.63, 3.8) is 0 Å². The molecule has 28 heavy (non-hydrogen) atoms. The Balaban J connectivity index is 1.93. The average Bonchev–Trinajstić information content (AvgIpc) is 2.64. The van der Waals surface area contributed by atoms with E-state index in [9.17, 15) is 14.4 Å². The Morgan fingerprint density at radius 2 is 1.68 bits per heavy atom. The van der Waals surface area contributed by atoms with Gasteiger partial charge in [0, 0.05) is 28.4 Å². The van der Waals surface area contributed by atoms with E-state index in [4.69, 9.17) is 5.11 Å². The van der Waals surface area contributed by atoms with E-state index in [0.717, 1.165) is 33.9 Å². The maximum atomic E-state index is 12.5. The van der Waals surface area contributed by atoms with E-state index in [1.54, 1.807) is 24.3 Å². The SMILES string of the molecule is Cc1ccc(C)c(NC(=O)C(C)Sc2ccc(NC(=O)/C=C/C(=O)O)cc2)c1. The summed E-state index contributed by atoms with van der Waals surface area (Å²) < 4.78 is 0. The number of rotatable bonds is 7. The van der Waals surface area contributed by atoms with E-state index < -0.39 is 11.9 Å². The van der Waals surface area contributed by atoms with Crippen LogP contribution in [0.3, 0.4) is 0 Å². The molecule has 2 aromatic rings. The van der Waals surface area contributed by atoms with Gasteiger partial charge in [0.2, 0.25) is 11.8 Å². The molecule has 6 nitrogen and oxygen atoms in total. The lowest BCUT2D eigenvalue weighted by Crippen LogP contribution is -2.22. The second-order valence-electron chi connectivity index (χ2n) is 6.25. The second-order valence-corrected chi connectivity index (χ2v) is 7.67. The normalized spacial score (nSPS) is 11.8. The Morgan fingerprint density at radius 1 is 1.00 bits per heavy atom. The summed E-state index contributed by atoms with van der Waals surface area (Å²) >= 11 is 1.41. The second kappa shape index (κ2) is 9.75. The predicted octanol–water partition coefficient (Wildman–Crippen LogP) is 4.00. The van der Waals surface area contributed by atoms with Gasteiger partial charge in [-0.1, -0.05) is 12.1 Å². The molecule has 0 aromatic heterocycles. The van der Waals surface area contributed by atoms with Crippen LogP contribution in [0.25, 0.3) is 0 Å². The molecule has 3 N–H and O–H groups in total. The first-order valence-corrected chi connectivity index (χ1v) is 9.49. The molecule has 0 saturated heterocycles. The van der Waals surface area contributed by atoms with E-state index in [1.165, 1.54) is 11.8 Å². The van der Waals surface area contributed by atoms with Gasteiger partial charge in [-0.2, -0.15) is 0 Å². The van der Waals surface area contributed by atoms with Crippen LogP contribution in [0.1, 0.15) is 18.1 Å². The third-order valence-corrected chi connectivity index (χ3v) is 4.94. The van der Waals surface area contributed by atoms with Gasteiger partial charge in [-0.25, -0.2) is 4.79 Å². The third kappa shape index (κ3) is 6.59. The van der Waals surface area contributed by atoms with Gasteiger partial charge in [0.15, 0.2) is 0 Å². The van der Waals surface area contributed by atoms with Crippen LogP contribution in [0, 0.1) is 13.8 Å². The number of thioether (sulfide) groups is 1. The van der Waals surface area contributed by atoms with E-state index in [-0.39, 0.29) is 11.2 Å². The topological polar surface area (TPSA) is 95.5 Å². The van der Waals surface area contributed by atoms with E-state index >= 15 is 0 Å². The van der Waals surface area contributed by atoms with Crippen molar-refractivity contribution >= 4 is 40.9 Å². The number of aryl methyl sites for hydroxylation is 2. The molecule has 0 fully saturated rings. The molecule has 1 unspecified atom stereocenters. The number of carbonyl (C=O) groups excluding carboxylic acids is 2. The summed E-state index contributed by atoms with van der Waals surface area (Å²) in [4.78, 5) is 35.3. The molecule has 0 saturated carbocycles. The molecule has 0 spiro atoms. The van der Waals surface area contributed by atoms with Crippen molar-refractivity contribution in [2.45, 2.75) is 30.9 Å². The van der Waals surface area contributed by atoms with Crippen LogP contribution < -0.4 is 10.6 Å². The fourth-order valence-corrected chi connectivity index (χ4v) is 3.18. The maximum absolute atomic E-state index is 12.5. The highest BCUT2D eigenvalue weighted by molar-refractivity contribution is 8.00. The van der Waals surface area contributed by atoms with E-state index in [0.29, 0.717) is 5.69 Å². The van der Waals surface area contributed by atoms with Crippen LogP contribution in [0.2, 0.25) is 0 Å². The quantitative estimate of drug-likeness (QED) is 0.484. The Morgan fingerprint density at radius 3 is 2.32 bits per heavy atom. The van der Waals surface area contributed by atoms with Crippen molar-refractivity contribution in [3.8, 4) is 0 Å². The average molecular weight is 398 g/mol. The molecule has 2 rings (SSSR count). The fraction of sp³-hybridized carbons (Fsp3) is 0.190. The third-order valence-electron chi connectivity index (χ3n) is 3.83. The standard InChI is InChI=1S/C21H22N2O4S/c1-13-4-5-14(2)18(12-13)23-21(27)15(3)28-17-8-6-16(7-9-17)22-19(24)10-11-20(25)26/h4-12,15H,1-3H3,(H,22,24)(H,23,27)(H,25,26)/b11-10+. The lowest BCUT2D eigenvalue weighted by Gasteiger charge is -2.14. The molecule has 146 valence electrons. The summed E-state index contributed by atoms with van der Waals surface area (Å²) in [5, 5.41) is 13.7. The molecule has 0 bridgehead atoms. The zero-order chi connectivity index (χ0) is 20.7. The molecular weight excluding hydrogens is 376 g/mol. The monoisotopic (exact) mass is 398 g/mol. The highest BCUT2D eigenvalue weighted by Gasteiger charge is 2.15. The lowest BCUT2D eigenvalue weighted by atomic mass is 10.1. The summed E-state index contributed by atoms with van der Waals surface area (Å²) in [6.45, 7) is 5.76. The van der Waals surface area contributed by atoms with Crippen LogP contribution in [-0.2, 0) is 14.4 Å². The molecule has 1 atom stereocenters. The number of anilines is 2. The number of carbonyl (C=O) groups is 3. The van der Waals surface area contributed by atoms with Crippen LogP contribution in [-0.4, -0.2) is 28.1 Å². The van der Waals surface area contributed by atoms with Gasteiger partial charge in [-0.05, 0) is 62.2 Å². The molecule has 7 heteroatoms. The molecule has 2 amide bonds. The van der Waals surface area contributed by atoms with Crippen LogP contribution in [0.4, 0.5) is 11.4 Å². The zero-order valence-corrected chi connectivity index (χ0v) is 16.7. The van der Waals surface area contributed by atoms with Crippen LogP contribution >= 0.6 is 11.8 Å². The minimum atomic E-state index is -1.19. The number of benzene rings is 2. The summed E-state index contributed by atoms with van der Waals surface area (Å²) in [5.74, 6) is -1.80. The molecule has 0 radical (unpaired) electrons. The summed E-state index contributed by atoms with van der Waals surface area (Å²) in [5.41, 5.74) is 3.44. The molecule has 0 heterocycles. The van der Waals surface area contributed by atoms with Crippen molar-refractivity contribution in [1.82, 2.24) is 0 Å². The van der Waals surface area contributed by atoms with Gasteiger partial charge in [-0.3, -0.25) is 9.59 Å². The van der Waals surface area contributed by atoms with Crippen molar-refractivity contribution in [2.24, 2.45) is 0 Å². The first kappa shape index (κ1) is 21.2. The molecule has 2 aromatic carbocycles. The van der Waals surface area contributed by atoms with Gasteiger partial charge in [0.25, 0.3) is 0 Å². The van der Waals surface area contributed by atoms with Crippen molar-refractivity contribution < 1.29 is 19.5 Å². The number of nitrogens with one attached hydrogen (secondary N) is 2. The number of hydrogen-bond acceptors (Lipinski definition) is 4. The highest BCUT2D eigenvalue weighted by Crippen LogP contribution is 2.26. The number of aliphatic carboxylic acids is 1. The number of amides is 2. The Hall–Kier alpha value is -3.06. The van der Waals surface area contributed by atoms with Crippen LogP contribution in [0.5, 0.6) is 0 Å². The first-order chi connectivity index (χ1) is 13.2. The molecule has 0 aliphatic carbocycles. The minimum absolute atomic E-state index is 0.0881. The Labute approximate surface area is 168 Å². The molecular formula is C21H22N2O4S. The largest absolute Gasteiger partial charge is 0.478 e. The first-order valence-electron chi connectivity index (χ1n) is 8.61. The number of hydrogen-bond donors (Lipinski definition) is 3. The van der Waals surface area contributed by atoms with E-state index in [2.05, 4.69) is 10.6 Å². The maximum Gasteiger partial charge on any atom is 0.328 e. The summed E-state index contributed by atoms with van der Waals surface area (Å²) in [6, 6.07) is 12.9. The van der Waals surface area contributed by atoms with Gasteiger partial charge in [0.1, 0.15) is 0 Å².